The SMILES string of the molecule is COC1OC(COCc2ccccc2)C(OC2OC(COCc3ccccc3)C(OCc3ccccc3)C(OCc3ccccc3)C2OC(C)=O)C(OCc2ccccc2)C1OC1OC(COCc2ccccc2)C(OCc2ccccc2)C(OCc2ccccc2)C1OC(C)=O. The summed E-state index contributed by atoms with van der Waals surface area (Å²) < 4.78 is 110. The van der Waals surface area contributed by atoms with E-state index >= 15 is 0 Å². The maximum absolute atomic E-state index is 13.8. The number of methoxy groups -OCH3 is 1. The van der Waals surface area contributed by atoms with Crippen LogP contribution in [0.15, 0.2) is 243 Å². The molecule has 3 aliphatic rings. The molecule has 0 radical (unpaired) electrons. The summed E-state index contributed by atoms with van der Waals surface area (Å²) in [6.45, 7) is 3.67. The van der Waals surface area contributed by atoms with Crippen molar-refractivity contribution < 1.29 is 85.4 Å². The third-order valence-electron chi connectivity index (χ3n) is 16.8. The quantitative estimate of drug-likeness (QED) is 0.0347. The van der Waals surface area contributed by atoms with Gasteiger partial charge < -0.3 is 75.8 Å². The van der Waals surface area contributed by atoms with Gasteiger partial charge in [-0.3, -0.25) is 9.59 Å². The number of carbonyl (C=O) groups is 2. The first-order valence-electron chi connectivity index (χ1n) is 33.0. The highest BCUT2D eigenvalue weighted by Gasteiger charge is 2.58. The van der Waals surface area contributed by atoms with E-state index in [1.54, 1.807) is 0 Å². The van der Waals surface area contributed by atoms with Crippen molar-refractivity contribution in [2.45, 2.75) is 159 Å². The summed E-state index contributed by atoms with van der Waals surface area (Å²) in [7, 11) is 1.49. The average Bonchev–Trinajstić information content (AvgIpc) is 0.770. The molecule has 0 amide bonds. The fourth-order valence-electron chi connectivity index (χ4n) is 12.1. The van der Waals surface area contributed by atoms with Crippen LogP contribution in [0.4, 0.5) is 0 Å². The number of rotatable bonds is 34. The van der Waals surface area contributed by atoms with Crippen molar-refractivity contribution in [2.24, 2.45) is 0 Å². The number of benzene rings is 8. The third-order valence-corrected chi connectivity index (χ3v) is 16.8. The smallest absolute Gasteiger partial charge is 0.303 e. The first-order valence-corrected chi connectivity index (χ1v) is 33.0. The van der Waals surface area contributed by atoms with Crippen LogP contribution in [0.25, 0.3) is 0 Å². The second-order valence-electron chi connectivity index (χ2n) is 24.0. The molecule has 3 heterocycles. The van der Waals surface area contributed by atoms with Crippen molar-refractivity contribution in [1.82, 2.24) is 0 Å². The van der Waals surface area contributed by atoms with E-state index < -0.39 is 104 Å². The topological polar surface area (TPSA) is 182 Å². The van der Waals surface area contributed by atoms with Gasteiger partial charge >= 0.3 is 11.9 Å². The monoisotopic (exact) mass is 1320 g/mol. The van der Waals surface area contributed by atoms with Crippen LogP contribution >= 0.6 is 0 Å². The van der Waals surface area contributed by atoms with E-state index in [9.17, 15) is 9.59 Å². The van der Waals surface area contributed by atoms with Gasteiger partial charge in [-0.1, -0.05) is 243 Å². The number of carbonyl (C=O) groups excluding carboxylic acids is 2. The second kappa shape index (κ2) is 37.2. The fraction of sp³-hybridized carbons (Fsp3) is 0.367. The van der Waals surface area contributed by atoms with Crippen molar-refractivity contribution in [1.29, 1.82) is 0 Å². The van der Waals surface area contributed by atoms with E-state index in [0.29, 0.717) is 0 Å². The highest BCUT2D eigenvalue weighted by molar-refractivity contribution is 5.66. The first kappa shape index (κ1) is 70.5. The molecule has 15 atom stereocenters. The molecule has 0 aromatic heterocycles. The molecule has 0 N–H and O–H groups in total. The Balaban J connectivity index is 1.00. The Morgan fingerprint density at radius 3 is 0.773 bits per heavy atom. The van der Waals surface area contributed by atoms with E-state index in [0.717, 1.165) is 44.5 Å². The number of hydrogen-bond donors (Lipinski definition) is 0. The van der Waals surface area contributed by atoms with Crippen LogP contribution in [0.5, 0.6) is 0 Å². The molecule has 0 saturated carbocycles. The van der Waals surface area contributed by atoms with Crippen LogP contribution in [-0.4, -0.2) is 131 Å². The Morgan fingerprint density at radius 2 is 0.505 bits per heavy atom. The van der Waals surface area contributed by atoms with Crippen molar-refractivity contribution in [3.8, 4) is 0 Å². The fourth-order valence-corrected chi connectivity index (χ4v) is 12.1. The van der Waals surface area contributed by atoms with E-state index in [4.69, 9.17) is 75.8 Å². The van der Waals surface area contributed by atoms with Crippen LogP contribution in [0.3, 0.4) is 0 Å². The second-order valence-corrected chi connectivity index (χ2v) is 24.0. The number of esters is 2. The van der Waals surface area contributed by atoms with Gasteiger partial charge in [-0.15, -0.1) is 0 Å². The minimum atomic E-state index is -1.46. The predicted octanol–water partition coefficient (Wildman–Crippen LogP) is 12.0. The van der Waals surface area contributed by atoms with Crippen LogP contribution in [0, 0.1) is 0 Å². The molecular weight excluding hydrogens is 1240 g/mol. The van der Waals surface area contributed by atoms with Gasteiger partial charge in [-0.2, -0.15) is 0 Å². The van der Waals surface area contributed by atoms with Crippen LogP contribution in [-0.2, 0) is 138 Å². The molecule has 8 aromatic rings. The third kappa shape index (κ3) is 20.8. The molecule has 0 spiro atoms. The van der Waals surface area contributed by atoms with E-state index in [1.165, 1.54) is 21.0 Å². The zero-order chi connectivity index (χ0) is 66.8. The normalized spacial score (nSPS) is 25.6. The molecule has 3 saturated heterocycles. The molecule has 15 unspecified atom stereocenters. The molecule has 97 heavy (non-hydrogen) atoms. The number of ether oxygens (including phenoxy) is 16. The zero-order valence-corrected chi connectivity index (χ0v) is 54.9. The van der Waals surface area contributed by atoms with Gasteiger partial charge in [0.15, 0.2) is 31.1 Å². The minimum Gasteiger partial charge on any atom is -0.454 e. The molecule has 3 fully saturated rings. The van der Waals surface area contributed by atoms with E-state index in [-0.39, 0.29) is 72.7 Å². The Labute approximate surface area is 567 Å². The van der Waals surface area contributed by atoms with Crippen LogP contribution in [0.2, 0.25) is 0 Å². The minimum absolute atomic E-state index is 0.0133. The zero-order valence-electron chi connectivity index (χ0n) is 54.9. The summed E-state index contributed by atoms with van der Waals surface area (Å²) in [4.78, 5) is 27.6. The predicted molar refractivity (Wildman–Crippen MR) is 357 cm³/mol. The van der Waals surface area contributed by atoms with Gasteiger partial charge in [0.25, 0.3) is 0 Å². The first-order chi connectivity index (χ1) is 47.7. The Bertz CT molecular complexity index is 3510. The Morgan fingerprint density at radius 1 is 0.278 bits per heavy atom. The van der Waals surface area contributed by atoms with Crippen LogP contribution < -0.4 is 0 Å². The van der Waals surface area contributed by atoms with Crippen molar-refractivity contribution in [3.63, 3.8) is 0 Å². The summed E-state index contributed by atoms with van der Waals surface area (Å²) in [6, 6.07) is 77.8. The van der Waals surface area contributed by atoms with Crippen molar-refractivity contribution in [3.05, 3.63) is 287 Å². The molecule has 0 aliphatic carbocycles. The molecule has 11 rings (SSSR count). The lowest BCUT2D eigenvalue weighted by atomic mass is 9.95. The lowest BCUT2D eigenvalue weighted by Gasteiger charge is -2.51. The summed E-state index contributed by atoms with van der Waals surface area (Å²) in [5.74, 6) is -1.28. The summed E-state index contributed by atoms with van der Waals surface area (Å²) in [5.41, 5.74) is 7.07. The Hall–Kier alpha value is -7.86. The Kier molecular flexibility index (Phi) is 27.0. The summed E-state index contributed by atoms with van der Waals surface area (Å²) in [5, 5.41) is 0. The van der Waals surface area contributed by atoms with Gasteiger partial charge in [0.05, 0.1) is 72.7 Å². The summed E-state index contributed by atoms with van der Waals surface area (Å²) >= 11 is 0. The maximum Gasteiger partial charge on any atom is 0.303 e. The molecule has 8 aromatic carbocycles. The molecule has 510 valence electrons. The van der Waals surface area contributed by atoms with Gasteiger partial charge in [0.1, 0.15) is 61.0 Å². The number of hydrogen-bond acceptors (Lipinski definition) is 18. The van der Waals surface area contributed by atoms with Gasteiger partial charge in [0.2, 0.25) is 0 Å². The van der Waals surface area contributed by atoms with E-state index in [1.807, 2.05) is 243 Å². The standard InChI is InChI=1S/C79H86O18/c1-55(80)91-75-71(88-49-62-38-22-9-23-39-62)68(86-47-60-34-18-7-19-35-60)65(52-83-44-57-28-12-4-13-29-57)94-78(75)96-70-67(54-85-46-59-32-16-6-17-33-59)93-77(82-3)74(73(70)90-51-64-42-26-11-27-43-64)97-79-76(92-56(2)81)72(89-50-63-40-24-10-25-41-63)69(87-48-61-36-20-8-21-37-61)66(95-79)53-84-45-58-30-14-5-15-31-58/h4-43,65-79H,44-54H2,1-3H3. The van der Waals surface area contributed by atoms with Gasteiger partial charge in [0, 0.05) is 21.0 Å². The molecule has 18 nitrogen and oxygen atoms in total. The lowest BCUT2D eigenvalue weighted by Crippen LogP contribution is -2.68. The van der Waals surface area contributed by atoms with Gasteiger partial charge in [-0.05, 0) is 44.5 Å². The van der Waals surface area contributed by atoms with Crippen molar-refractivity contribution >= 4 is 11.9 Å². The summed E-state index contributed by atoms with van der Waals surface area (Å²) in [6.07, 6.45) is -17.4. The molecule has 3 aliphatic heterocycles. The van der Waals surface area contributed by atoms with Crippen LogP contribution in [0.1, 0.15) is 58.4 Å². The van der Waals surface area contributed by atoms with Crippen molar-refractivity contribution in [2.75, 3.05) is 26.9 Å². The van der Waals surface area contributed by atoms with Gasteiger partial charge in [-0.25, -0.2) is 0 Å². The molecular formula is C79H86O18. The highest BCUT2D eigenvalue weighted by Crippen LogP contribution is 2.39. The molecule has 18 heteroatoms. The maximum atomic E-state index is 13.8. The largest absolute Gasteiger partial charge is 0.454 e. The lowest BCUT2D eigenvalue weighted by molar-refractivity contribution is -0.394. The molecule has 0 bridgehead atoms. The average molecular weight is 1320 g/mol. The highest BCUT2D eigenvalue weighted by atomic mass is 16.8. The van der Waals surface area contributed by atoms with E-state index in [2.05, 4.69) is 0 Å².